The molecule has 0 spiro atoms. The smallest absolute Gasteiger partial charge is 0.329 e. The largest absolute Gasteiger partial charge is 0.334 e. The zero-order valence-corrected chi connectivity index (χ0v) is 12.1. The number of nitro groups is 1. The number of rotatable bonds is 3. The summed E-state index contributed by atoms with van der Waals surface area (Å²) >= 11 is 5.71. The van der Waals surface area contributed by atoms with E-state index in [4.69, 9.17) is 11.6 Å². The maximum Gasteiger partial charge on any atom is 0.329 e. The zero-order valence-electron chi connectivity index (χ0n) is 11.4. The molecule has 0 bridgehead atoms. The first-order valence-corrected chi connectivity index (χ1v) is 7.03. The Balaban J connectivity index is 2.06. The lowest BCUT2D eigenvalue weighted by atomic mass is 9.89. The van der Waals surface area contributed by atoms with Crippen LogP contribution in [0, 0.1) is 10.1 Å². The topological polar surface area (TPSA) is 98.0 Å². The molecule has 1 N–H and O–H groups in total. The van der Waals surface area contributed by atoms with E-state index in [9.17, 15) is 14.9 Å². The lowest BCUT2D eigenvalue weighted by Crippen LogP contribution is -2.14. The highest BCUT2D eigenvalue weighted by Crippen LogP contribution is 2.32. The molecule has 0 amide bonds. The number of aromatic nitrogens is 2. The van der Waals surface area contributed by atoms with Gasteiger partial charge in [-0.05, 0) is 36.1 Å². The molecule has 0 aliphatic heterocycles. The van der Waals surface area contributed by atoms with Gasteiger partial charge in [0.25, 0.3) is 0 Å². The minimum atomic E-state index is -0.601. The molecule has 112 valence electrons. The summed E-state index contributed by atoms with van der Waals surface area (Å²) in [6.07, 6.45) is 3.13. The van der Waals surface area contributed by atoms with Crippen LogP contribution >= 0.6 is 11.6 Å². The number of hydrogen-bond acceptors (Lipinski definition) is 6. The Morgan fingerprint density at radius 2 is 2.14 bits per heavy atom. The van der Waals surface area contributed by atoms with Crippen molar-refractivity contribution in [3.05, 3.63) is 50.9 Å². The van der Waals surface area contributed by atoms with Crippen LogP contribution in [0.3, 0.4) is 0 Å². The molecular formula is C14H11ClN4O3. The quantitative estimate of drug-likeness (QED) is 0.529. The Morgan fingerprint density at radius 3 is 2.91 bits per heavy atom. The van der Waals surface area contributed by atoms with Gasteiger partial charge < -0.3 is 5.32 Å². The van der Waals surface area contributed by atoms with Crippen LogP contribution in [0.1, 0.15) is 28.8 Å². The normalized spacial score (nSPS) is 13.6. The monoisotopic (exact) mass is 318 g/mol. The van der Waals surface area contributed by atoms with Crippen molar-refractivity contribution >= 4 is 34.6 Å². The second-order valence-electron chi connectivity index (χ2n) is 4.87. The summed E-state index contributed by atoms with van der Waals surface area (Å²) in [5, 5.41) is 13.8. The predicted octanol–water partition coefficient (Wildman–Crippen LogP) is 3.30. The Bertz CT molecular complexity index is 779. The summed E-state index contributed by atoms with van der Waals surface area (Å²) in [5.41, 5.74) is 1.70. The van der Waals surface area contributed by atoms with Gasteiger partial charge >= 0.3 is 5.69 Å². The summed E-state index contributed by atoms with van der Waals surface area (Å²) in [4.78, 5) is 30.1. The van der Waals surface area contributed by atoms with E-state index in [-0.39, 0.29) is 22.6 Å². The zero-order chi connectivity index (χ0) is 15.7. The fourth-order valence-electron chi connectivity index (χ4n) is 2.51. The third kappa shape index (κ3) is 2.62. The van der Waals surface area contributed by atoms with Gasteiger partial charge in [0.1, 0.15) is 6.20 Å². The molecule has 0 saturated heterocycles. The molecule has 2 aromatic rings. The third-order valence-electron chi connectivity index (χ3n) is 3.47. The summed E-state index contributed by atoms with van der Waals surface area (Å²) in [7, 11) is 0. The van der Waals surface area contributed by atoms with Crippen LogP contribution in [0.5, 0.6) is 0 Å². The highest BCUT2D eigenvalue weighted by atomic mass is 35.5. The molecule has 7 nitrogen and oxygen atoms in total. The average Bonchev–Trinajstić information content (AvgIpc) is 2.47. The van der Waals surface area contributed by atoms with Crippen molar-refractivity contribution < 1.29 is 9.72 Å². The number of ketones is 1. The summed E-state index contributed by atoms with van der Waals surface area (Å²) in [5.74, 6) is -0.0103. The highest BCUT2D eigenvalue weighted by Gasteiger charge is 2.23. The molecule has 0 saturated carbocycles. The molecule has 0 atom stereocenters. The number of Topliss-reactive ketones (excluding diaryl/α,β-unsaturated/α-hetero) is 1. The van der Waals surface area contributed by atoms with Crippen molar-refractivity contribution in [2.75, 3.05) is 5.32 Å². The predicted molar refractivity (Wildman–Crippen MR) is 80.7 cm³/mol. The van der Waals surface area contributed by atoms with Gasteiger partial charge in [-0.1, -0.05) is 12.1 Å². The molecule has 3 rings (SSSR count). The van der Waals surface area contributed by atoms with Crippen LogP contribution < -0.4 is 5.32 Å². The average molecular weight is 319 g/mol. The molecule has 8 heteroatoms. The third-order valence-corrected chi connectivity index (χ3v) is 3.65. The molecule has 22 heavy (non-hydrogen) atoms. The van der Waals surface area contributed by atoms with Gasteiger partial charge in [-0.3, -0.25) is 14.9 Å². The van der Waals surface area contributed by atoms with Gasteiger partial charge in [-0.2, -0.15) is 4.98 Å². The number of hydrogen-bond donors (Lipinski definition) is 1. The molecular weight excluding hydrogens is 308 g/mol. The van der Waals surface area contributed by atoms with Gasteiger partial charge in [0.15, 0.2) is 5.78 Å². The fraction of sp³-hybridized carbons (Fsp3) is 0.214. The fourth-order valence-corrected chi connectivity index (χ4v) is 2.65. The Morgan fingerprint density at radius 1 is 1.32 bits per heavy atom. The first-order valence-electron chi connectivity index (χ1n) is 6.65. The van der Waals surface area contributed by atoms with Gasteiger partial charge in [0.2, 0.25) is 11.1 Å². The van der Waals surface area contributed by atoms with E-state index in [0.717, 1.165) is 24.6 Å². The molecule has 0 fully saturated rings. The molecule has 0 radical (unpaired) electrons. The first-order chi connectivity index (χ1) is 10.6. The number of nitrogens with zero attached hydrogens (tertiary/aromatic N) is 3. The molecule has 1 aromatic heterocycles. The number of fused-ring (bicyclic) bond motifs is 1. The van der Waals surface area contributed by atoms with Crippen LogP contribution in [0.4, 0.5) is 17.2 Å². The van der Waals surface area contributed by atoms with Crippen molar-refractivity contribution in [1.29, 1.82) is 0 Å². The van der Waals surface area contributed by atoms with E-state index in [0.29, 0.717) is 17.7 Å². The number of halogens is 1. The lowest BCUT2D eigenvalue weighted by Gasteiger charge is -2.18. The van der Waals surface area contributed by atoms with E-state index in [1.165, 1.54) is 0 Å². The van der Waals surface area contributed by atoms with E-state index < -0.39 is 4.92 Å². The van der Waals surface area contributed by atoms with Crippen molar-refractivity contribution in [2.45, 2.75) is 19.3 Å². The summed E-state index contributed by atoms with van der Waals surface area (Å²) in [6, 6.07) is 5.38. The van der Waals surface area contributed by atoms with Crippen LogP contribution in [0.15, 0.2) is 24.4 Å². The molecule has 1 aromatic carbocycles. The van der Waals surface area contributed by atoms with Gasteiger partial charge in [0.05, 0.1) is 10.6 Å². The Kier molecular flexibility index (Phi) is 3.72. The van der Waals surface area contributed by atoms with Gasteiger partial charge in [0, 0.05) is 12.0 Å². The molecule has 1 heterocycles. The van der Waals surface area contributed by atoms with E-state index >= 15 is 0 Å². The van der Waals surface area contributed by atoms with Crippen LogP contribution in [0.25, 0.3) is 0 Å². The van der Waals surface area contributed by atoms with E-state index in [1.54, 1.807) is 12.1 Å². The Hall–Kier alpha value is -2.54. The molecule has 0 unspecified atom stereocenters. The second-order valence-corrected chi connectivity index (χ2v) is 5.21. The maximum atomic E-state index is 12.1. The van der Waals surface area contributed by atoms with Crippen molar-refractivity contribution in [1.82, 2.24) is 9.97 Å². The second kappa shape index (κ2) is 5.69. The number of anilines is 2. The first kappa shape index (κ1) is 14.4. The number of benzene rings is 1. The summed E-state index contributed by atoms with van der Waals surface area (Å²) in [6.45, 7) is 0. The number of nitrogens with one attached hydrogen (secondary N) is 1. The van der Waals surface area contributed by atoms with Gasteiger partial charge in [-0.15, -0.1) is 0 Å². The number of carbonyl (C=O) groups is 1. The minimum absolute atomic E-state index is 0.0205. The number of aryl methyl sites for hydroxylation is 1. The van der Waals surface area contributed by atoms with Crippen LogP contribution in [0.2, 0.25) is 5.28 Å². The van der Waals surface area contributed by atoms with Crippen LogP contribution in [-0.2, 0) is 6.42 Å². The van der Waals surface area contributed by atoms with Crippen molar-refractivity contribution in [2.24, 2.45) is 0 Å². The lowest BCUT2D eigenvalue weighted by molar-refractivity contribution is -0.384. The maximum absolute atomic E-state index is 12.1. The van der Waals surface area contributed by atoms with Crippen LogP contribution in [-0.4, -0.2) is 20.7 Å². The standard InChI is InChI=1S/C14H11ClN4O3/c15-14-16-7-10(19(21)22)13(18-14)17-9-5-1-3-8-4-2-6-11(20)12(8)9/h1,3,5,7H,2,4,6H2,(H,16,17,18). The number of carbonyl (C=O) groups excluding carboxylic acids is 1. The van der Waals surface area contributed by atoms with Gasteiger partial charge in [-0.25, -0.2) is 4.98 Å². The SMILES string of the molecule is O=C1CCCc2cccc(Nc3nc(Cl)ncc3[N+](=O)[O-])c21. The highest BCUT2D eigenvalue weighted by molar-refractivity contribution is 6.28. The molecule has 1 aliphatic carbocycles. The molecule has 1 aliphatic rings. The van der Waals surface area contributed by atoms with E-state index in [1.807, 2.05) is 6.07 Å². The van der Waals surface area contributed by atoms with E-state index in [2.05, 4.69) is 15.3 Å². The van der Waals surface area contributed by atoms with Crippen molar-refractivity contribution in [3.8, 4) is 0 Å². The Labute approximate surface area is 130 Å². The summed E-state index contributed by atoms with van der Waals surface area (Å²) < 4.78 is 0. The minimum Gasteiger partial charge on any atom is -0.334 e. The van der Waals surface area contributed by atoms with Crippen molar-refractivity contribution in [3.63, 3.8) is 0 Å².